The maximum absolute atomic E-state index is 13.1. The van der Waals surface area contributed by atoms with Gasteiger partial charge in [-0.25, -0.2) is 4.79 Å². The van der Waals surface area contributed by atoms with E-state index in [-0.39, 0.29) is 29.2 Å². The Morgan fingerprint density at radius 2 is 1.81 bits per heavy atom. The molecule has 2 unspecified atom stereocenters. The second-order valence-corrected chi connectivity index (χ2v) is 7.97. The van der Waals surface area contributed by atoms with Crippen molar-refractivity contribution in [3.05, 3.63) is 0 Å². The first kappa shape index (κ1) is 15.3. The van der Waals surface area contributed by atoms with E-state index in [1.165, 1.54) is 11.3 Å². The van der Waals surface area contributed by atoms with Crippen molar-refractivity contribution in [3.63, 3.8) is 0 Å². The third-order valence-electron chi connectivity index (χ3n) is 6.18. The van der Waals surface area contributed by atoms with E-state index in [4.69, 9.17) is 0 Å². The Morgan fingerprint density at radius 1 is 1.19 bits per heavy atom. The summed E-state index contributed by atoms with van der Waals surface area (Å²) >= 11 is 3.57. The summed E-state index contributed by atoms with van der Waals surface area (Å²) in [5.74, 6) is 0.479. The van der Waals surface area contributed by atoms with Gasteiger partial charge in [0.05, 0.1) is 0 Å². The van der Waals surface area contributed by atoms with Crippen LogP contribution in [0.2, 0.25) is 0 Å². The molecule has 3 rings (SSSR count). The van der Waals surface area contributed by atoms with Crippen LogP contribution in [0.25, 0.3) is 0 Å². The number of nitrogens with zero attached hydrogens (tertiary/aromatic N) is 1. The number of imide groups is 1. The largest absolute Gasteiger partial charge is 0.325 e. The molecule has 5 heteroatoms. The second-order valence-electron chi connectivity index (χ2n) is 7.41. The number of urea groups is 1. The normalized spacial score (nSPS) is 38.5. The molecule has 2 aliphatic carbocycles. The van der Waals surface area contributed by atoms with E-state index < -0.39 is 5.54 Å². The Morgan fingerprint density at radius 3 is 2.29 bits per heavy atom. The predicted molar refractivity (Wildman–Crippen MR) is 85.2 cm³/mol. The summed E-state index contributed by atoms with van der Waals surface area (Å²) in [6.07, 6.45) is 6.61. The summed E-state index contributed by atoms with van der Waals surface area (Å²) in [5, 5.41) is 3.96. The number of hydrogen-bond acceptors (Lipinski definition) is 2. The van der Waals surface area contributed by atoms with Gasteiger partial charge in [-0.15, -0.1) is 0 Å². The maximum Gasteiger partial charge on any atom is 0.325 e. The van der Waals surface area contributed by atoms with Crippen LogP contribution < -0.4 is 5.32 Å². The fourth-order valence-corrected chi connectivity index (χ4v) is 5.18. The van der Waals surface area contributed by atoms with Crippen LogP contribution in [0.4, 0.5) is 4.79 Å². The molecule has 0 aromatic carbocycles. The van der Waals surface area contributed by atoms with Crippen molar-refractivity contribution in [1.82, 2.24) is 10.2 Å². The lowest BCUT2D eigenvalue weighted by Gasteiger charge is -2.44. The molecule has 1 heterocycles. The number of halogens is 1. The van der Waals surface area contributed by atoms with Gasteiger partial charge in [0, 0.05) is 11.9 Å². The van der Waals surface area contributed by atoms with E-state index >= 15 is 0 Å². The van der Waals surface area contributed by atoms with E-state index in [0.717, 1.165) is 37.4 Å². The van der Waals surface area contributed by atoms with Crippen LogP contribution >= 0.6 is 15.9 Å². The SMILES string of the molecule is CC1CCCC(C)C12NC(=O)N(CC1(CBr)CCC1)C2=O. The fourth-order valence-electron chi connectivity index (χ4n) is 4.44. The summed E-state index contributed by atoms with van der Waals surface area (Å²) in [5.41, 5.74) is -0.535. The van der Waals surface area contributed by atoms with Crippen molar-refractivity contribution in [2.75, 3.05) is 11.9 Å². The highest BCUT2D eigenvalue weighted by atomic mass is 79.9. The number of amides is 3. The summed E-state index contributed by atoms with van der Waals surface area (Å²) in [7, 11) is 0. The van der Waals surface area contributed by atoms with Gasteiger partial charge in [0.2, 0.25) is 0 Å². The van der Waals surface area contributed by atoms with Crippen LogP contribution in [-0.2, 0) is 4.79 Å². The average molecular weight is 357 g/mol. The first-order chi connectivity index (χ1) is 9.95. The van der Waals surface area contributed by atoms with Gasteiger partial charge in [0.15, 0.2) is 0 Å². The first-order valence-corrected chi connectivity index (χ1v) is 9.27. The molecule has 3 aliphatic rings. The molecule has 21 heavy (non-hydrogen) atoms. The average Bonchev–Trinajstić information content (AvgIpc) is 2.65. The van der Waals surface area contributed by atoms with E-state index in [1.807, 2.05) is 0 Å². The Balaban J connectivity index is 1.84. The highest BCUT2D eigenvalue weighted by Crippen LogP contribution is 2.46. The summed E-state index contributed by atoms with van der Waals surface area (Å²) < 4.78 is 0. The van der Waals surface area contributed by atoms with Gasteiger partial charge in [0.1, 0.15) is 5.54 Å². The molecule has 0 radical (unpaired) electrons. The minimum atomic E-state index is -0.646. The number of hydrogen-bond donors (Lipinski definition) is 1. The van der Waals surface area contributed by atoms with Crippen LogP contribution in [0, 0.1) is 17.3 Å². The first-order valence-electron chi connectivity index (χ1n) is 8.15. The van der Waals surface area contributed by atoms with E-state index in [1.54, 1.807) is 0 Å². The number of alkyl halides is 1. The molecular weight excluding hydrogens is 332 g/mol. The highest BCUT2D eigenvalue weighted by molar-refractivity contribution is 9.09. The van der Waals surface area contributed by atoms with Crippen LogP contribution in [0.5, 0.6) is 0 Å². The monoisotopic (exact) mass is 356 g/mol. The van der Waals surface area contributed by atoms with Gasteiger partial charge in [-0.3, -0.25) is 9.69 Å². The maximum atomic E-state index is 13.1. The predicted octanol–water partition coefficient (Wildman–Crippen LogP) is 3.30. The zero-order valence-electron chi connectivity index (χ0n) is 13.0. The second kappa shape index (κ2) is 5.25. The van der Waals surface area contributed by atoms with Gasteiger partial charge < -0.3 is 5.32 Å². The number of carbonyl (C=O) groups is 2. The van der Waals surface area contributed by atoms with Crippen LogP contribution in [-0.4, -0.2) is 34.3 Å². The Labute approximate surface area is 135 Å². The Bertz CT molecular complexity index is 446. The molecule has 2 saturated carbocycles. The lowest BCUT2D eigenvalue weighted by molar-refractivity contribution is -0.138. The number of rotatable bonds is 3. The molecule has 0 aromatic rings. The Kier molecular flexibility index (Phi) is 3.83. The quantitative estimate of drug-likeness (QED) is 0.622. The van der Waals surface area contributed by atoms with Crippen LogP contribution in [0.1, 0.15) is 52.4 Å². The molecule has 1 saturated heterocycles. The molecule has 3 fully saturated rings. The van der Waals surface area contributed by atoms with Crippen LogP contribution in [0.15, 0.2) is 0 Å². The number of carbonyl (C=O) groups excluding carboxylic acids is 2. The minimum absolute atomic E-state index is 0.0272. The minimum Gasteiger partial charge on any atom is -0.323 e. The third kappa shape index (κ3) is 2.14. The summed E-state index contributed by atoms with van der Waals surface area (Å²) in [6.45, 7) is 4.80. The van der Waals surface area contributed by atoms with E-state index in [2.05, 4.69) is 35.1 Å². The van der Waals surface area contributed by atoms with Crippen molar-refractivity contribution < 1.29 is 9.59 Å². The molecule has 118 valence electrons. The molecule has 2 atom stereocenters. The van der Waals surface area contributed by atoms with Gasteiger partial charge >= 0.3 is 6.03 Å². The molecular formula is C16H25BrN2O2. The lowest BCUT2D eigenvalue weighted by Crippen LogP contribution is -2.59. The zero-order chi connectivity index (χ0) is 15.3. The van der Waals surface area contributed by atoms with E-state index in [9.17, 15) is 9.59 Å². The molecule has 3 amide bonds. The van der Waals surface area contributed by atoms with Crippen LogP contribution in [0.3, 0.4) is 0 Å². The molecule has 1 aliphatic heterocycles. The zero-order valence-corrected chi connectivity index (χ0v) is 14.5. The van der Waals surface area contributed by atoms with Gasteiger partial charge in [-0.1, -0.05) is 42.6 Å². The van der Waals surface area contributed by atoms with Gasteiger partial charge in [-0.2, -0.15) is 0 Å². The van der Waals surface area contributed by atoms with Gasteiger partial charge in [-0.05, 0) is 42.9 Å². The molecule has 0 aromatic heterocycles. The van der Waals surface area contributed by atoms with Crippen molar-refractivity contribution in [3.8, 4) is 0 Å². The molecule has 0 bridgehead atoms. The number of nitrogens with one attached hydrogen (secondary N) is 1. The van der Waals surface area contributed by atoms with Crippen molar-refractivity contribution in [1.29, 1.82) is 0 Å². The van der Waals surface area contributed by atoms with Crippen molar-refractivity contribution in [2.24, 2.45) is 17.3 Å². The van der Waals surface area contributed by atoms with Crippen molar-refractivity contribution in [2.45, 2.75) is 57.9 Å². The molecule has 4 nitrogen and oxygen atoms in total. The Hall–Kier alpha value is -0.580. The molecule has 1 spiro atoms. The smallest absolute Gasteiger partial charge is 0.323 e. The standard InChI is InChI=1S/C16H25BrN2O2/c1-11-5-3-6-12(2)16(11)13(20)19(14(21)18-16)10-15(9-17)7-4-8-15/h11-12H,3-10H2,1-2H3,(H,18,21). The summed E-state index contributed by atoms with van der Waals surface area (Å²) in [6, 6.07) is -0.173. The topological polar surface area (TPSA) is 49.4 Å². The van der Waals surface area contributed by atoms with Gasteiger partial charge in [0.25, 0.3) is 5.91 Å². The van der Waals surface area contributed by atoms with Crippen molar-refractivity contribution >= 4 is 27.9 Å². The molecule has 1 N–H and O–H groups in total. The lowest BCUT2D eigenvalue weighted by atomic mass is 9.66. The summed E-state index contributed by atoms with van der Waals surface area (Å²) in [4.78, 5) is 27.0. The van der Waals surface area contributed by atoms with E-state index in [0.29, 0.717) is 6.54 Å². The fraction of sp³-hybridized carbons (Fsp3) is 0.875. The highest BCUT2D eigenvalue weighted by Gasteiger charge is 2.59. The third-order valence-corrected chi connectivity index (χ3v) is 7.37.